The van der Waals surface area contributed by atoms with Crippen molar-refractivity contribution >= 4 is 52.9 Å². The van der Waals surface area contributed by atoms with Crippen LogP contribution in [0.2, 0.25) is 0 Å². The lowest BCUT2D eigenvalue weighted by atomic mass is 9.84. The summed E-state index contributed by atoms with van der Waals surface area (Å²) in [5.74, 6) is -6.83. The molecule has 1 aliphatic rings. The number of nitrogens with zero attached hydrogens (tertiary/aromatic N) is 2. The van der Waals surface area contributed by atoms with Crippen molar-refractivity contribution in [3.8, 4) is 0 Å². The molecule has 1 fully saturated rings. The van der Waals surface area contributed by atoms with Crippen molar-refractivity contribution < 1.29 is 52.2 Å². The number of nitrogens with one attached hydrogen (secondary N) is 5. The molecule has 49 heavy (non-hydrogen) atoms. The van der Waals surface area contributed by atoms with E-state index in [0.717, 1.165) is 4.90 Å². The molecular formula is C29H34F3N9O8. The number of guanidine groups is 1. The molecule has 3 amide bonds. The van der Waals surface area contributed by atoms with Crippen molar-refractivity contribution in [3.63, 3.8) is 0 Å². The van der Waals surface area contributed by atoms with Crippen LogP contribution in [-0.2, 0) is 19.2 Å². The van der Waals surface area contributed by atoms with Crippen LogP contribution in [-0.4, -0.2) is 105 Å². The molecule has 0 unspecified atom stereocenters. The number of halogens is 3. The highest BCUT2D eigenvalue weighted by atomic mass is 19.4. The highest BCUT2D eigenvalue weighted by Gasteiger charge is 2.53. The van der Waals surface area contributed by atoms with E-state index in [4.69, 9.17) is 32.2 Å². The normalized spacial score (nSPS) is 16.0. The first kappa shape index (κ1) is 39.1. The number of ketones is 1. The summed E-state index contributed by atoms with van der Waals surface area (Å²) in [7, 11) is 0. The van der Waals surface area contributed by atoms with Crippen LogP contribution in [0.1, 0.15) is 46.0 Å². The Morgan fingerprint density at radius 1 is 0.898 bits per heavy atom. The Bertz CT molecular complexity index is 1600. The predicted molar refractivity (Wildman–Crippen MR) is 166 cm³/mol. The molecule has 1 saturated heterocycles. The molecule has 264 valence electrons. The molecule has 0 saturated carbocycles. The number of carbonyl (C=O) groups is 6. The van der Waals surface area contributed by atoms with E-state index in [2.05, 4.69) is 16.1 Å². The molecule has 17 nitrogen and oxygen atoms in total. The van der Waals surface area contributed by atoms with E-state index in [9.17, 15) is 42.3 Å². The molecular weight excluding hydrogens is 659 g/mol. The quantitative estimate of drug-likeness (QED) is 0.0629. The van der Waals surface area contributed by atoms with E-state index < -0.39 is 53.7 Å². The molecule has 11 N–H and O–H groups in total. The lowest BCUT2D eigenvalue weighted by Crippen LogP contribution is -2.73. The summed E-state index contributed by atoms with van der Waals surface area (Å²) in [5, 5.41) is 37.7. The molecule has 3 rings (SSSR count). The molecule has 0 radical (unpaired) electrons. The molecule has 1 atom stereocenters. The monoisotopic (exact) mass is 693 g/mol. The number of amides is 3. The van der Waals surface area contributed by atoms with Crippen molar-refractivity contribution in [1.29, 1.82) is 10.8 Å². The second-order valence-corrected chi connectivity index (χ2v) is 10.4. The number of hydrogen-bond donors (Lipinski definition) is 9. The van der Waals surface area contributed by atoms with Gasteiger partial charge >= 0.3 is 18.1 Å². The molecule has 20 heteroatoms. The third-order valence-electron chi connectivity index (χ3n) is 6.97. The number of carbonyl (C=O) groups excluding carboxylic acids is 4. The summed E-state index contributed by atoms with van der Waals surface area (Å²) in [6.45, 7) is 0.575. The third kappa shape index (κ3) is 10.7. The standard InChI is InChI=1S/C27H33N9O6.C2HF3O2/c1-16(37)27(11-2-12-32-23(40)18-7-9-20(10-8-18)33-26(30)31)25(42)35(15-21(38)39)13-14-36(27)34-24(41)19-5-3-17(4-6-19)22(28)29;3-2(4,5)1(6)7/h3-10H,2,11-15H2,1H3,(H3,28,29)(H,32,40)(H,34,41)(H,38,39)(H4,30,31,33);(H,6,7)/t27-;/m0./s1. The van der Waals surface area contributed by atoms with Gasteiger partial charge in [-0.3, -0.25) is 40.2 Å². The van der Waals surface area contributed by atoms with Crippen molar-refractivity contribution in [2.45, 2.75) is 31.5 Å². The van der Waals surface area contributed by atoms with Crippen LogP contribution < -0.4 is 27.5 Å². The summed E-state index contributed by atoms with van der Waals surface area (Å²) < 4.78 is 31.7. The van der Waals surface area contributed by atoms with Gasteiger partial charge in [0.2, 0.25) is 0 Å². The Balaban J connectivity index is 0.00000107. The van der Waals surface area contributed by atoms with Crippen LogP contribution in [0.5, 0.6) is 0 Å². The zero-order valence-corrected chi connectivity index (χ0v) is 25.9. The van der Waals surface area contributed by atoms with Crippen LogP contribution in [0, 0.1) is 10.8 Å². The van der Waals surface area contributed by atoms with Crippen LogP contribution in [0.25, 0.3) is 0 Å². The summed E-state index contributed by atoms with van der Waals surface area (Å²) in [5.41, 5.74) is 12.9. The van der Waals surface area contributed by atoms with E-state index in [-0.39, 0.29) is 49.8 Å². The first-order valence-electron chi connectivity index (χ1n) is 14.1. The Morgan fingerprint density at radius 2 is 1.41 bits per heavy atom. The Hall–Kier alpha value is -6.05. The average Bonchev–Trinajstić information content (AvgIpc) is 3.01. The first-order chi connectivity index (χ1) is 22.8. The molecule has 0 aliphatic carbocycles. The number of carboxylic acid groups (broad SMARTS) is 2. The Kier molecular flexibility index (Phi) is 13.3. The molecule has 0 spiro atoms. The van der Waals surface area contributed by atoms with Gasteiger partial charge in [-0.05, 0) is 56.2 Å². The Labute approximate surface area is 276 Å². The zero-order valence-electron chi connectivity index (χ0n) is 25.9. The van der Waals surface area contributed by atoms with Crippen LogP contribution >= 0.6 is 0 Å². The van der Waals surface area contributed by atoms with Gasteiger partial charge in [-0.15, -0.1) is 0 Å². The molecule has 2 aromatic rings. The van der Waals surface area contributed by atoms with Gasteiger partial charge < -0.3 is 37.2 Å². The number of alkyl halides is 3. The number of rotatable bonds is 12. The van der Waals surface area contributed by atoms with E-state index in [1.54, 1.807) is 12.1 Å². The van der Waals surface area contributed by atoms with Crippen molar-refractivity contribution in [1.82, 2.24) is 20.7 Å². The molecule has 1 heterocycles. The van der Waals surface area contributed by atoms with Gasteiger partial charge in [0.1, 0.15) is 12.4 Å². The number of amidine groups is 1. The highest BCUT2D eigenvalue weighted by molar-refractivity contribution is 6.11. The number of anilines is 1. The summed E-state index contributed by atoms with van der Waals surface area (Å²) >= 11 is 0. The number of carboxylic acids is 2. The van der Waals surface area contributed by atoms with Gasteiger partial charge in [-0.2, -0.15) is 18.2 Å². The van der Waals surface area contributed by atoms with Crippen LogP contribution in [0.15, 0.2) is 48.5 Å². The number of benzene rings is 2. The van der Waals surface area contributed by atoms with E-state index in [0.29, 0.717) is 16.8 Å². The fraction of sp³-hybridized carbons (Fsp3) is 0.310. The fourth-order valence-corrected chi connectivity index (χ4v) is 4.61. The smallest absolute Gasteiger partial charge is 0.480 e. The maximum absolute atomic E-state index is 13.6. The number of hydrogen-bond acceptors (Lipinski definition) is 9. The van der Waals surface area contributed by atoms with Crippen LogP contribution in [0.4, 0.5) is 18.9 Å². The number of nitrogens with two attached hydrogens (primary N) is 2. The summed E-state index contributed by atoms with van der Waals surface area (Å²) in [4.78, 5) is 73.8. The maximum atomic E-state index is 13.6. The number of piperazine rings is 1. The molecule has 0 bridgehead atoms. The second kappa shape index (κ2) is 16.7. The zero-order chi connectivity index (χ0) is 37.1. The minimum atomic E-state index is -5.08. The fourth-order valence-electron chi connectivity index (χ4n) is 4.61. The molecule has 2 aromatic carbocycles. The largest absolute Gasteiger partial charge is 0.490 e. The van der Waals surface area contributed by atoms with Gasteiger partial charge in [0.25, 0.3) is 17.7 Å². The number of aliphatic carboxylic acids is 2. The lowest BCUT2D eigenvalue weighted by Gasteiger charge is -2.47. The van der Waals surface area contributed by atoms with Gasteiger partial charge in [0, 0.05) is 42.0 Å². The molecule has 1 aliphatic heterocycles. The van der Waals surface area contributed by atoms with E-state index in [1.807, 2.05) is 0 Å². The van der Waals surface area contributed by atoms with Gasteiger partial charge in [0.15, 0.2) is 17.3 Å². The predicted octanol–water partition coefficient (Wildman–Crippen LogP) is 0.321. The average molecular weight is 694 g/mol. The first-order valence-corrected chi connectivity index (χ1v) is 14.1. The van der Waals surface area contributed by atoms with Crippen molar-refractivity contribution in [2.75, 3.05) is 31.5 Å². The number of Topliss-reactive ketones (excluding diaryl/α,β-unsaturated/α-hetero) is 1. The van der Waals surface area contributed by atoms with Gasteiger partial charge in [-0.25, -0.2) is 4.79 Å². The van der Waals surface area contributed by atoms with E-state index in [1.165, 1.54) is 48.3 Å². The molecule has 0 aromatic heterocycles. The highest BCUT2D eigenvalue weighted by Crippen LogP contribution is 2.28. The minimum absolute atomic E-state index is 0.0249. The maximum Gasteiger partial charge on any atom is 0.490 e. The number of nitrogen functional groups attached to an aromatic ring is 1. The van der Waals surface area contributed by atoms with Crippen LogP contribution in [0.3, 0.4) is 0 Å². The number of hydrazine groups is 1. The Morgan fingerprint density at radius 3 is 1.88 bits per heavy atom. The summed E-state index contributed by atoms with van der Waals surface area (Å²) in [6, 6.07) is 12.1. The lowest BCUT2D eigenvalue weighted by molar-refractivity contribution is -0.192. The van der Waals surface area contributed by atoms with Gasteiger partial charge in [0.05, 0.1) is 0 Å². The third-order valence-corrected chi connectivity index (χ3v) is 6.97. The topological polar surface area (TPSA) is 285 Å². The SMILES string of the molecule is CC(=O)[C@@]1(CCCNC(=O)c2ccc(NC(=N)N)cc2)C(=O)N(CC(=O)O)CCN1NC(=O)c1ccc(C(=N)N)cc1.O=C(O)C(F)(F)F. The van der Waals surface area contributed by atoms with Crippen molar-refractivity contribution in [2.24, 2.45) is 11.5 Å². The second-order valence-electron chi connectivity index (χ2n) is 10.4. The van der Waals surface area contributed by atoms with Gasteiger partial charge in [-0.1, -0.05) is 12.1 Å². The van der Waals surface area contributed by atoms with Crippen molar-refractivity contribution in [3.05, 3.63) is 65.2 Å². The van der Waals surface area contributed by atoms with E-state index >= 15 is 0 Å². The summed E-state index contributed by atoms with van der Waals surface area (Å²) in [6.07, 6.45) is -5.07. The minimum Gasteiger partial charge on any atom is -0.480 e.